The van der Waals surface area contributed by atoms with E-state index in [1.165, 1.54) is 0 Å². The molecule has 2 aromatic heterocycles. The van der Waals surface area contributed by atoms with E-state index in [-0.39, 0.29) is 5.56 Å². The van der Waals surface area contributed by atoms with Gasteiger partial charge in [-0.05, 0) is 18.9 Å². The molecule has 4 nitrogen and oxygen atoms in total. The fourth-order valence-electron chi connectivity index (χ4n) is 1.69. The van der Waals surface area contributed by atoms with Gasteiger partial charge < -0.3 is 4.57 Å². The molecule has 86 valence electrons. The Labute approximate surface area is 98.5 Å². The van der Waals surface area contributed by atoms with Gasteiger partial charge in [-0.25, -0.2) is 4.52 Å². The molecule has 0 bridgehead atoms. The molecular formula is C11H14ClN3O. The molecule has 2 aromatic rings. The maximum atomic E-state index is 11.9. The minimum absolute atomic E-state index is 0.0193. The first-order valence-corrected chi connectivity index (χ1v) is 5.95. The standard InChI is InChI=1S/C11H14ClN3O/c12-5-2-1-3-7-14-8-9-15-10(11(14)16)4-6-13-15/h4,6,8-9H,1-3,5,7H2. The Balaban J connectivity index is 2.12. The number of fused-ring (bicyclic) bond motifs is 1. The highest BCUT2D eigenvalue weighted by atomic mass is 35.5. The van der Waals surface area contributed by atoms with Crippen molar-refractivity contribution in [2.75, 3.05) is 5.88 Å². The minimum Gasteiger partial charge on any atom is -0.312 e. The van der Waals surface area contributed by atoms with Gasteiger partial charge in [-0.1, -0.05) is 6.42 Å². The Morgan fingerprint density at radius 3 is 2.94 bits per heavy atom. The molecule has 0 saturated carbocycles. The van der Waals surface area contributed by atoms with Crippen LogP contribution in [0.2, 0.25) is 0 Å². The Hall–Kier alpha value is -1.29. The van der Waals surface area contributed by atoms with E-state index in [0.29, 0.717) is 11.4 Å². The van der Waals surface area contributed by atoms with E-state index < -0.39 is 0 Å². The lowest BCUT2D eigenvalue weighted by molar-refractivity contribution is 0.586. The first-order chi connectivity index (χ1) is 7.83. The fraction of sp³-hybridized carbons (Fsp3) is 0.455. The zero-order valence-electron chi connectivity index (χ0n) is 8.97. The number of halogens is 1. The number of nitrogens with zero attached hydrogens (tertiary/aromatic N) is 3. The van der Waals surface area contributed by atoms with Crippen LogP contribution in [0.3, 0.4) is 0 Å². The smallest absolute Gasteiger partial charge is 0.276 e. The molecule has 0 unspecified atom stereocenters. The highest BCUT2D eigenvalue weighted by molar-refractivity contribution is 6.17. The topological polar surface area (TPSA) is 39.3 Å². The zero-order valence-corrected chi connectivity index (χ0v) is 9.73. The molecular weight excluding hydrogens is 226 g/mol. The lowest BCUT2D eigenvalue weighted by Crippen LogP contribution is -2.21. The van der Waals surface area contributed by atoms with Crippen LogP contribution in [-0.2, 0) is 6.54 Å². The highest BCUT2D eigenvalue weighted by Gasteiger charge is 2.02. The van der Waals surface area contributed by atoms with E-state index in [4.69, 9.17) is 11.6 Å². The van der Waals surface area contributed by atoms with Gasteiger partial charge in [0.1, 0.15) is 5.52 Å². The minimum atomic E-state index is 0.0193. The van der Waals surface area contributed by atoms with Crippen LogP contribution < -0.4 is 5.56 Å². The summed E-state index contributed by atoms with van der Waals surface area (Å²) < 4.78 is 3.32. The second kappa shape index (κ2) is 5.16. The van der Waals surface area contributed by atoms with E-state index in [9.17, 15) is 4.79 Å². The average molecular weight is 240 g/mol. The lowest BCUT2D eigenvalue weighted by Gasteiger charge is -2.05. The van der Waals surface area contributed by atoms with Gasteiger partial charge in [0.15, 0.2) is 0 Å². The van der Waals surface area contributed by atoms with Crippen molar-refractivity contribution >= 4 is 17.1 Å². The Bertz CT molecular complexity index is 517. The molecule has 0 amide bonds. The number of aromatic nitrogens is 3. The number of alkyl halides is 1. The van der Waals surface area contributed by atoms with Crippen LogP contribution in [0.4, 0.5) is 0 Å². The summed E-state index contributed by atoms with van der Waals surface area (Å²) in [4.78, 5) is 11.9. The van der Waals surface area contributed by atoms with Crippen LogP contribution in [0.15, 0.2) is 29.5 Å². The third-order valence-electron chi connectivity index (χ3n) is 2.57. The summed E-state index contributed by atoms with van der Waals surface area (Å²) in [5, 5.41) is 4.02. The molecule has 2 heterocycles. The Morgan fingerprint density at radius 1 is 1.25 bits per heavy atom. The third-order valence-corrected chi connectivity index (χ3v) is 2.84. The fourth-order valence-corrected chi connectivity index (χ4v) is 1.88. The van der Waals surface area contributed by atoms with E-state index >= 15 is 0 Å². The van der Waals surface area contributed by atoms with Crippen molar-refractivity contribution in [2.45, 2.75) is 25.8 Å². The van der Waals surface area contributed by atoms with Crippen molar-refractivity contribution < 1.29 is 0 Å². The van der Waals surface area contributed by atoms with Gasteiger partial charge in [0.2, 0.25) is 0 Å². The van der Waals surface area contributed by atoms with Crippen molar-refractivity contribution in [3.05, 3.63) is 35.0 Å². The van der Waals surface area contributed by atoms with Crippen LogP contribution in [-0.4, -0.2) is 20.1 Å². The summed E-state index contributed by atoms with van der Waals surface area (Å²) in [6.45, 7) is 0.747. The molecule has 2 rings (SSSR count). The van der Waals surface area contributed by atoms with E-state index in [0.717, 1.165) is 25.8 Å². The largest absolute Gasteiger partial charge is 0.312 e. The maximum Gasteiger partial charge on any atom is 0.276 e. The second-order valence-corrected chi connectivity index (χ2v) is 4.09. The summed E-state index contributed by atoms with van der Waals surface area (Å²) in [6.07, 6.45) is 8.26. The SMILES string of the molecule is O=c1c2ccnn2ccn1CCCCCCl. The number of aryl methyl sites for hydroxylation is 1. The van der Waals surface area contributed by atoms with Crippen LogP contribution >= 0.6 is 11.6 Å². The summed E-state index contributed by atoms with van der Waals surface area (Å²) in [5.74, 6) is 0.691. The summed E-state index contributed by atoms with van der Waals surface area (Å²) >= 11 is 5.60. The Kier molecular flexibility index (Phi) is 3.62. The van der Waals surface area contributed by atoms with Crippen LogP contribution in [0.5, 0.6) is 0 Å². The summed E-state index contributed by atoms with van der Waals surface area (Å²) in [7, 11) is 0. The van der Waals surface area contributed by atoms with Gasteiger partial charge in [-0.2, -0.15) is 5.10 Å². The molecule has 0 aliphatic heterocycles. The lowest BCUT2D eigenvalue weighted by atomic mass is 10.2. The summed E-state index contributed by atoms with van der Waals surface area (Å²) in [6, 6.07) is 1.73. The number of unbranched alkanes of at least 4 members (excludes halogenated alkanes) is 2. The van der Waals surface area contributed by atoms with E-state index in [1.807, 2.05) is 0 Å². The third kappa shape index (κ3) is 2.27. The zero-order chi connectivity index (χ0) is 11.4. The number of hydrogen-bond acceptors (Lipinski definition) is 2. The molecule has 0 aliphatic carbocycles. The molecule has 0 atom stereocenters. The normalized spacial score (nSPS) is 11.1. The number of rotatable bonds is 5. The van der Waals surface area contributed by atoms with Gasteiger partial charge >= 0.3 is 0 Å². The van der Waals surface area contributed by atoms with Crippen LogP contribution in [0, 0.1) is 0 Å². The monoisotopic (exact) mass is 239 g/mol. The first-order valence-electron chi connectivity index (χ1n) is 5.41. The van der Waals surface area contributed by atoms with Crippen molar-refractivity contribution in [3.63, 3.8) is 0 Å². The molecule has 0 saturated heterocycles. The quantitative estimate of drug-likeness (QED) is 0.591. The average Bonchev–Trinajstić information content (AvgIpc) is 2.76. The molecule has 0 radical (unpaired) electrons. The first kappa shape index (κ1) is 11.2. The second-order valence-electron chi connectivity index (χ2n) is 3.71. The molecule has 0 fully saturated rings. The van der Waals surface area contributed by atoms with Gasteiger partial charge in [0.05, 0.1) is 6.20 Å². The summed E-state index contributed by atoms with van der Waals surface area (Å²) in [5.41, 5.74) is 0.644. The molecule has 0 N–H and O–H groups in total. The van der Waals surface area contributed by atoms with E-state index in [1.54, 1.807) is 33.7 Å². The highest BCUT2D eigenvalue weighted by Crippen LogP contribution is 2.00. The Morgan fingerprint density at radius 2 is 2.12 bits per heavy atom. The van der Waals surface area contributed by atoms with Gasteiger partial charge in [0.25, 0.3) is 5.56 Å². The molecule has 16 heavy (non-hydrogen) atoms. The van der Waals surface area contributed by atoms with Crippen LogP contribution in [0.25, 0.3) is 5.52 Å². The van der Waals surface area contributed by atoms with Gasteiger partial charge in [-0.3, -0.25) is 4.79 Å². The van der Waals surface area contributed by atoms with Gasteiger partial charge in [0, 0.05) is 24.8 Å². The van der Waals surface area contributed by atoms with E-state index in [2.05, 4.69) is 5.10 Å². The van der Waals surface area contributed by atoms with Gasteiger partial charge in [-0.15, -0.1) is 11.6 Å². The molecule has 0 spiro atoms. The van der Waals surface area contributed by atoms with Crippen molar-refractivity contribution in [3.8, 4) is 0 Å². The molecule has 5 heteroatoms. The van der Waals surface area contributed by atoms with Crippen LogP contribution in [0.1, 0.15) is 19.3 Å². The molecule has 0 aromatic carbocycles. The van der Waals surface area contributed by atoms with Crippen molar-refractivity contribution in [1.82, 2.24) is 14.2 Å². The van der Waals surface area contributed by atoms with Crippen molar-refractivity contribution in [1.29, 1.82) is 0 Å². The molecule has 0 aliphatic rings. The number of hydrogen-bond donors (Lipinski definition) is 0. The predicted molar refractivity (Wildman–Crippen MR) is 64.0 cm³/mol. The van der Waals surface area contributed by atoms with Crippen molar-refractivity contribution in [2.24, 2.45) is 0 Å². The maximum absolute atomic E-state index is 11.9. The predicted octanol–water partition coefficient (Wildman–Crippen LogP) is 1.91.